The molecule has 0 bridgehead atoms. The molecule has 0 radical (unpaired) electrons. The van der Waals surface area contributed by atoms with Crippen LogP contribution in [0.3, 0.4) is 0 Å². The Labute approximate surface area is 201 Å². The highest BCUT2D eigenvalue weighted by molar-refractivity contribution is 7.90. The second-order valence-electron chi connectivity index (χ2n) is 6.81. The van der Waals surface area contributed by atoms with E-state index in [1.54, 1.807) is 25.1 Å². The number of rotatable bonds is 6. The minimum atomic E-state index is -4.09. The number of nitrogens with zero attached hydrogens (tertiary/aromatic N) is 2. The average molecular weight is 514 g/mol. The van der Waals surface area contributed by atoms with E-state index in [0.717, 1.165) is 0 Å². The van der Waals surface area contributed by atoms with E-state index in [2.05, 4.69) is 22.5 Å². The molecule has 1 atom stereocenters. The van der Waals surface area contributed by atoms with Crippen LogP contribution in [-0.2, 0) is 14.8 Å². The molecule has 0 aliphatic carbocycles. The Morgan fingerprint density at radius 3 is 2.64 bits per heavy atom. The van der Waals surface area contributed by atoms with E-state index >= 15 is 0 Å². The van der Waals surface area contributed by atoms with Crippen LogP contribution < -0.4 is 23.7 Å². The van der Waals surface area contributed by atoms with Crippen molar-refractivity contribution < 1.29 is 32.1 Å². The van der Waals surface area contributed by atoms with Gasteiger partial charge in [-0.3, -0.25) is 9.03 Å². The summed E-state index contributed by atoms with van der Waals surface area (Å²) in [6.45, 7) is 1.73. The van der Waals surface area contributed by atoms with Gasteiger partial charge in [0, 0.05) is 12.1 Å². The van der Waals surface area contributed by atoms with Gasteiger partial charge in [0.15, 0.2) is 17.3 Å². The Morgan fingerprint density at radius 2 is 1.91 bits per heavy atom. The summed E-state index contributed by atoms with van der Waals surface area (Å²) in [5.74, 6) is 1.47. The van der Waals surface area contributed by atoms with Crippen molar-refractivity contribution in [3.8, 4) is 23.0 Å². The lowest BCUT2D eigenvalue weighted by molar-refractivity contribution is 0.174. The molecule has 2 heterocycles. The average Bonchev–Trinajstić information content (AvgIpc) is 3.26. The molecule has 0 saturated carbocycles. The Morgan fingerprint density at radius 1 is 1.15 bits per heavy atom. The van der Waals surface area contributed by atoms with Crippen molar-refractivity contribution >= 4 is 40.3 Å². The van der Waals surface area contributed by atoms with Gasteiger partial charge in [0.25, 0.3) is 10.0 Å². The van der Waals surface area contributed by atoms with E-state index in [9.17, 15) is 8.42 Å². The molecule has 1 unspecified atom stereocenters. The largest absolute Gasteiger partial charge is 0.497 e. The number of benzene rings is 2. The number of hydrogen-bond donors (Lipinski definition) is 2. The number of hydrogen-bond acceptors (Lipinski definition) is 10. The molecule has 10 nitrogen and oxygen atoms in total. The first-order valence-corrected chi connectivity index (χ1v) is 11.8. The maximum atomic E-state index is 13.2. The standard InChI is InChI=1S/C20H20ClN3O7S2/c1-11-22-19(23-33(25,26)13-5-7-15-17(9-13)30-10-29-15)18(20(28-3)24(11)32)31-16-8-12(27-2)4-6-14(16)21/h4-9,11,32H,10H2,1-3H3,(H,22,23). The molecule has 0 fully saturated rings. The maximum Gasteiger partial charge on any atom is 0.263 e. The van der Waals surface area contributed by atoms with E-state index in [1.165, 1.54) is 36.7 Å². The van der Waals surface area contributed by atoms with Crippen molar-refractivity contribution in [2.24, 2.45) is 4.99 Å². The van der Waals surface area contributed by atoms with Gasteiger partial charge >= 0.3 is 0 Å². The summed E-state index contributed by atoms with van der Waals surface area (Å²) < 4.78 is 57.3. The van der Waals surface area contributed by atoms with Crippen LogP contribution >= 0.6 is 24.4 Å². The second kappa shape index (κ2) is 9.12. The first-order chi connectivity index (χ1) is 15.7. The number of fused-ring (bicyclic) bond motifs is 1. The second-order valence-corrected chi connectivity index (χ2v) is 9.33. The van der Waals surface area contributed by atoms with Gasteiger partial charge < -0.3 is 23.7 Å². The van der Waals surface area contributed by atoms with Gasteiger partial charge in [-0.05, 0) is 31.2 Å². The Bertz CT molecular complexity index is 1250. The Balaban J connectivity index is 1.72. The molecular weight excluding hydrogens is 494 g/mol. The van der Waals surface area contributed by atoms with Crippen LogP contribution in [0.2, 0.25) is 5.02 Å². The summed E-state index contributed by atoms with van der Waals surface area (Å²) >= 11 is 10.7. The summed E-state index contributed by atoms with van der Waals surface area (Å²) in [4.78, 5) is 4.33. The molecule has 2 aliphatic heterocycles. The highest BCUT2D eigenvalue weighted by atomic mass is 35.5. The van der Waals surface area contributed by atoms with E-state index in [-0.39, 0.29) is 39.9 Å². The fourth-order valence-corrected chi connectivity index (χ4v) is 4.46. The number of thiol groups is 1. The van der Waals surface area contributed by atoms with Crippen molar-refractivity contribution in [3.63, 3.8) is 0 Å². The zero-order valence-corrected chi connectivity index (χ0v) is 20.2. The van der Waals surface area contributed by atoms with Crippen molar-refractivity contribution in [3.05, 3.63) is 53.1 Å². The topological polar surface area (TPSA) is 108 Å². The van der Waals surface area contributed by atoms with Gasteiger partial charge in [-0.2, -0.15) is 0 Å². The number of sulfonamides is 1. The highest BCUT2D eigenvalue weighted by Crippen LogP contribution is 2.35. The number of ether oxygens (including phenoxy) is 5. The summed E-state index contributed by atoms with van der Waals surface area (Å²) in [5.41, 5.74) is 0. The third-order valence-electron chi connectivity index (χ3n) is 4.72. The van der Waals surface area contributed by atoms with Gasteiger partial charge in [0.2, 0.25) is 18.4 Å². The zero-order chi connectivity index (χ0) is 23.8. The van der Waals surface area contributed by atoms with Gasteiger partial charge in [-0.1, -0.05) is 24.4 Å². The van der Waals surface area contributed by atoms with Crippen LogP contribution in [0.15, 0.2) is 57.9 Å². The third kappa shape index (κ3) is 4.59. The molecule has 0 amide bonds. The molecule has 0 aromatic heterocycles. The molecule has 1 N–H and O–H groups in total. The van der Waals surface area contributed by atoms with Crippen molar-refractivity contribution in [2.45, 2.75) is 18.0 Å². The predicted octanol–water partition coefficient (Wildman–Crippen LogP) is 3.16. The third-order valence-corrected chi connectivity index (χ3v) is 6.88. The number of nitrogens with one attached hydrogen (secondary N) is 1. The summed E-state index contributed by atoms with van der Waals surface area (Å²) in [6.07, 6.45) is -0.578. The molecular formula is C20H20ClN3O7S2. The molecule has 176 valence electrons. The number of aliphatic imine (C=N–C) groups is 1. The molecule has 4 rings (SSSR count). The fraction of sp³-hybridized carbons (Fsp3) is 0.250. The van der Waals surface area contributed by atoms with Crippen molar-refractivity contribution in [1.82, 2.24) is 9.03 Å². The van der Waals surface area contributed by atoms with Crippen LogP contribution in [0, 0.1) is 0 Å². The normalized spacial score (nSPS) is 17.5. The lowest BCUT2D eigenvalue weighted by atomic mass is 10.3. The minimum absolute atomic E-state index is 0.0213. The molecule has 2 aliphatic rings. The monoisotopic (exact) mass is 513 g/mol. The quantitative estimate of drug-likeness (QED) is 0.567. The van der Waals surface area contributed by atoms with Crippen LogP contribution in [0.25, 0.3) is 0 Å². The van der Waals surface area contributed by atoms with Gasteiger partial charge in [-0.25, -0.2) is 13.4 Å². The van der Waals surface area contributed by atoms with Gasteiger partial charge in [-0.15, -0.1) is 0 Å². The SMILES string of the molecule is COC1=C(Oc2cc(OC)ccc2Cl)C(NS(=O)(=O)c2ccc3c(c2)OCO3)=NC(C)N1S. The summed E-state index contributed by atoms with van der Waals surface area (Å²) in [7, 11) is -1.19. The van der Waals surface area contributed by atoms with Crippen molar-refractivity contribution in [2.75, 3.05) is 21.0 Å². The van der Waals surface area contributed by atoms with Crippen LogP contribution in [0.5, 0.6) is 23.0 Å². The number of halogens is 1. The summed E-state index contributed by atoms with van der Waals surface area (Å²) in [6, 6.07) is 9.07. The van der Waals surface area contributed by atoms with Crippen molar-refractivity contribution in [1.29, 1.82) is 0 Å². The first kappa shape index (κ1) is 23.2. The Kier molecular flexibility index (Phi) is 6.41. The molecule has 0 spiro atoms. The van der Waals surface area contributed by atoms with E-state index < -0.39 is 16.2 Å². The predicted molar refractivity (Wildman–Crippen MR) is 123 cm³/mol. The highest BCUT2D eigenvalue weighted by Gasteiger charge is 2.33. The molecule has 2 aromatic rings. The van der Waals surface area contributed by atoms with Crippen LogP contribution in [0.4, 0.5) is 0 Å². The van der Waals surface area contributed by atoms with E-state index in [1.807, 2.05) is 0 Å². The van der Waals surface area contributed by atoms with E-state index in [4.69, 9.17) is 35.3 Å². The lowest BCUT2D eigenvalue weighted by Gasteiger charge is -2.31. The number of amidine groups is 1. The molecule has 2 aromatic carbocycles. The number of methoxy groups -OCH3 is 2. The van der Waals surface area contributed by atoms with Crippen LogP contribution in [-0.4, -0.2) is 45.7 Å². The minimum Gasteiger partial charge on any atom is -0.497 e. The lowest BCUT2D eigenvalue weighted by Crippen LogP contribution is -2.41. The van der Waals surface area contributed by atoms with Gasteiger partial charge in [0.1, 0.15) is 17.7 Å². The van der Waals surface area contributed by atoms with Gasteiger partial charge in [0.05, 0.1) is 24.1 Å². The fourth-order valence-electron chi connectivity index (χ4n) is 3.06. The first-order valence-electron chi connectivity index (χ1n) is 9.52. The molecule has 33 heavy (non-hydrogen) atoms. The summed E-state index contributed by atoms with van der Waals surface area (Å²) in [5, 5.41) is 0.265. The molecule has 13 heteroatoms. The Hall–Kier alpha value is -2.96. The maximum absolute atomic E-state index is 13.2. The zero-order valence-electron chi connectivity index (χ0n) is 17.7. The smallest absolute Gasteiger partial charge is 0.263 e. The molecule has 0 saturated heterocycles. The van der Waals surface area contributed by atoms with E-state index in [0.29, 0.717) is 17.2 Å². The van der Waals surface area contributed by atoms with Crippen LogP contribution in [0.1, 0.15) is 6.92 Å².